The number of para-hydroxylation sites is 1. The summed E-state index contributed by atoms with van der Waals surface area (Å²) in [5.74, 6) is -1.09. The van der Waals surface area contributed by atoms with Crippen molar-refractivity contribution in [1.29, 1.82) is 0 Å². The summed E-state index contributed by atoms with van der Waals surface area (Å²) in [5, 5.41) is 25.4. The number of nitrogens with one attached hydrogen (secondary N) is 2. The number of aliphatic hydroxyl groups is 2. The minimum absolute atomic E-state index is 0.304. The van der Waals surface area contributed by atoms with Crippen LogP contribution in [0.2, 0.25) is 0 Å². The van der Waals surface area contributed by atoms with E-state index in [4.69, 9.17) is 10.6 Å². The standard InChI is InChI=1S/C28H46N4O4/c1-2-3-4-5-6-7-8-9-10-13-18-32-28(29,24(20-33)26(21-34)36-32)27(35)30-17-16-22-19-31-25-15-12-11-14-23(22)25/h11-12,14-15,19,24,26,31,33-34H,2-10,13,16-18,20-21,29H2,1H3,(H,30,35)/t24-,26?,28+/m1/s1. The summed E-state index contributed by atoms with van der Waals surface area (Å²) in [7, 11) is 0. The molecule has 0 saturated carbocycles. The van der Waals surface area contributed by atoms with Crippen molar-refractivity contribution in [1.82, 2.24) is 15.4 Å². The van der Waals surface area contributed by atoms with Crippen LogP contribution < -0.4 is 11.1 Å². The predicted octanol–water partition coefficient (Wildman–Crippen LogP) is 3.62. The van der Waals surface area contributed by atoms with Gasteiger partial charge in [-0.1, -0.05) is 82.9 Å². The Morgan fingerprint density at radius 1 is 1.06 bits per heavy atom. The third-order valence-corrected chi connectivity index (χ3v) is 7.50. The Bertz CT molecular complexity index is 920. The van der Waals surface area contributed by atoms with Crippen molar-refractivity contribution in [2.24, 2.45) is 11.7 Å². The molecule has 6 N–H and O–H groups in total. The van der Waals surface area contributed by atoms with Crippen molar-refractivity contribution in [3.63, 3.8) is 0 Å². The van der Waals surface area contributed by atoms with E-state index in [1.54, 1.807) is 0 Å². The lowest BCUT2D eigenvalue weighted by molar-refractivity contribution is -0.196. The summed E-state index contributed by atoms with van der Waals surface area (Å²) in [6.07, 6.45) is 14.0. The number of aliphatic hydroxyl groups excluding tert-OH is 2. The number of nitrogens with zero attached hydrogens (tertiary/aromatic N) is 1. The van der Waals surface area contributed by atoms with Crippen LogP contribution in [0.15, 0.2) is 30.5 Å². The van der Waals surface area contributed by atoms with E-state index in [1.165, 1.54) is 50.0 Å². The lowest BCUT2D eigenvalue weighted by Gasteiger charge is -2.34. The zero-order chi connectivity index (χ0) is 25.8. The summed E-state index contributed by atoms with van der Waals surface area (Å²) in [6, 6.07) is 8.06. The number of carbonyl (C=O) groups is 1. The van der Waals surface area contributed by atoms with Gasteiger partial charge in [-0.25, -0.2) is 0 Å². The molecule has 1 aliphatic heterocycles. The van der Waals surface area contributed by atoms with Gasteiger partial charge >= 0.3 is 0 Å². The molecule has 0 radical (unpaired) electrons. The molecule has 1 aromatic carbocycles. The number of hydroxylamine groups is 2. The second kappa shape index (κ2) is 14.7. The van der Waals surface area contributed by atoms with E-state index in [9.17, 15) is 15.0 Å². The maximum Gasteiger partial charge on any atom is 0.257 e. The van der Waals surface area contributed by atoms with E-state index in [1.807, 2.05) is 24.4 Å². The van der Waals surface area contributed by atoms with Gasteiger partial charge in [-0.2, -0.15) is 5.06 Å². The molecule has 3 atom stereocenters. The molecule has 0 spiro atoms. The van der Waals surface area contributed by atoms with Crippen LogP contribution in [0.5, 0.6) is 0 Å². The molecular formula is C28H46N4O4. The van der Waals surface area contributed by atoms with Crippen LogP contribution in [0.1, 0.15) is 76.7 Å². The van der Waals surface area contributed by atoms with E-state index < -0.39 is 17.7 Å². The number of carbonyl (C=O) groups excluding carboxylic acids is 1. The summed E-state index contributed by atoms with van der Waals surface area (Å²) in [5.41, 5.74) is 7.30. The highest BCUT2D eigenvalue weighted by Gasteiger charge is 2.57. The van der Waals surface area contributed by atoms with Crippen LogP contribution in [-0.2, 0) is 16.1 Å². The molecular weight excluding hydrogens is 456 g/mol. The number of hydrogen-bond donors (Lipinski definition) is 5. The fourth-order valence-electron chi connectivity index (χ4n) is 5.26. The minimum atomic E-state index is -1.53. The first-order valence-corrected chi connectivity index (χ1v) is 13.8. The van der Waals surface area contributed by atoms with E-state index in [0.717, 1.165) is 35.7 Å². The molecule has 1 fully saturated rings. The summed E-state index contributed by atoms with van der Waals surface area (Å²) < 4.78 is 0. The second-order valence-electron chi connectivity index (χ2n) is 10.1. The fraction of sp³-hybridized carbons (Fsp3) is 0.679. The Morgan fingerprint density at radius 2 is 1.72 bits per heavy atom. The van der Waals surface area contributed by atoms with E-state index in [2.05, 4.69) is 23.3 Å². The zero-order valence-corrected chi connectivity index (χ0v) is 21.9. The highest BCUT2D eigenvalue weighted by atomic mass is 16.7. The number of rotatable bonds is 17. The molecule has 202 valence electrons. The van der Waals surface area contributed by atoms with Crippen molar-refractivity contribution < 1.29 is 19.8 Å². The monoisotopic (exact) mass is 502 g/mol. The molecule has 1 unspecified atom stereocenters. The SMILES string of the molecule is CCCCCCCCCCCCN1OC(CO)[C@@H](CO)[C@@]1(N)C(=O)NCCc1c[nH]c2ccccc12. The molecule has 2 aromatic rings. The normalized spacial score (nSPS) is 22.4. The van der Waals surface area contributed by atoms with E-state index in [-0.39, 0.29) is 19.1 Å². The smallest absolute Gasteiger partial charge is 0.257 e. The van der Waals surface area contributed by atoms with Gasteiger partial charge in [0, 0.05) is 30.2 Å². The molecule has 8 nitrogen and oxygen atoms in total. The van der Waals surface area contributed by atoms with Gasteiger partial charge in [0.2, 0.25) is 0 Å². The van der Waals surface area contributed by atoms with Gasteiger partial charge in [0.1, 0.15) is 6.10 Å². The van der Waals surface area contributed by atoms with Crippen LogP contribution >= 0.6 is 0 Å². The molecule has 0 aliphatic carbocycles. The molecule has 8 heteroatoms. The summed E-state index contributed by atoms with van der Waals surface area (Å²) >= 11 is 0. The minimum Gasteiger partial charge on any atom is -0.396 e. The number of H-pyrrole nitrogens is 1. The molecule has 1 amide bonds. The van der Waals surface area contributed by atoms with Gasteiger partial charge in [0.15, 0.2) is 5.66 Å². The molecule has 36 heavy (non-hydrogen) atoms. The van der Waals surface area contributed by atoms with Gasteiger partial charge in [0.05, 0.1) is 19.1 Å². The van der Waals surface area contributed by atoms with E-state index >= 15 is 0 Å². The third-order valence-electron chi connectivity index (χ3n) is 7.50. The Labute approximate surface area is 215 Å². The number of amides is 1. The molecule has 3 rings (SSSR count). The Morgan fingerprint density at radius 3 is 2.39 bits per heavy atom. The molecule has 1 saturated heterocycles. The van der Waals surface area contributed by atoms with Crippen molar-refractivity contribution in [3.8, 4) is 0 Å². The summed E-state index contributed by atoms with van der Waals surface area (Å²) in [4.78, 5) is 22.5. The number of nitrogens with two attached hydrogens (primary N) is 1. The maximum absolute atomic E-state index is 13.3. The average molecular weight is 503 g/mol. The topological polar surface area (TPSA) is 124 Å². The third kappa shape index (κ3) is 7.07. The zero-order valence-electron chi connectivity index (χ0n) is 21.9. The maximum atomic E-state index is 13.3. The Balaban J connectivity index is 1.49. The fourth-order valence-corrected chi connectivity index (χ4v) is 5.26. The first kappa shape index (κ1) is 28.6. The number of fused-ring (bicyclic) bond motifs is 1. The van der Waals surface area contributed by atoms with Gasteiger partial charge in [-0.15, -0.1) is 0 Å². The number of aromatic amines is 1. The van der Waals surface area contributed by atoms with Crippen LogP contribution in [0.3, 0.4) is 0 Å². The van der Waals surface area contributed by atoms with Crippen molar-refractivity contribution in [2.75, 3.05) is 26.3 Å². The van der Waals surface area contributed by atoms with Gasteiger partial charge in [-0.3, -0.25) is 9.63 Å². The second-order valence-corrected chi connectivity index (χ2v) is 10.1. The average Bonchev–Trinajstić information content (AvgIpc) is 3.43. The van der Waals surface area contributed by atoms with Crippen molar-refractivity contribution in [3.05, 3.63) is 36.0 Å². The van der Waals surface area contributed by atoms with E-state index in [0.29, 0.717) is 19.5 Å². The van der Waals surface area contributed by atoms with Crippen LogP contribution in [0.25, 0.3) is 10.9 Å². The first-order valence-electron chi connectivity index (χ1n) is 13.8. The van der Waals surface area contributed by atoms with Gasteiger partial charge in [-0.05, 0) is 24.5 Å². The van der Waals surface area contributed by atoms with Gasteiger partial charge in [0.25, 0.3) is 5.91 Å². The lowest BCUT2D eigenvalue weighted by atomic mass is 9.88. The van der Waals surface area contributed by atoms with Gasteiger partial charge < -0.3 is 26.2 Å². The molecule has 1 aliphatic rings. The molecule has 0 bridgehead atoms. The largest absolute Gasteiger partial charge is 0.396 e. The number of aromatic nitrogens is 1. The highest BCUT2D eigenvalue weighted by Crippen LogP contribution is 2.34. The van der Waals surface area contributed by atoms with Crippen LogP contribution in [0, 0.1) is 5.92 Å². The first-order chi connectivity index (χ1) is 17.6. The molecule has 1 aromatic heterocycles. The van der Waals surface area contributed by atoms with Crippen LogP contribution in [0.4, 0.5) is 0 Å². The molecule has 2 heterocycles. The number of hydrogen-bond acceptors (Lipinski definition) is 6. The van der Waals surface area contributed by atoms with Crippen molar-refractivity contribution in [2.45, 2.75) is 89.3 Å². The summed E-state index contributed by atoms with van der Waals surface area (Å²) in [6.45, 7) is 2.48. The predicted molar refractivity (Wildman–Crippen MR) is 143 cm³/mol. The number of unbranched alkanes of at least 4 members (excludes halogenated alkanes) is 9. The van der Waals surface area contributed by atoms with Crippen LogP contribution in [-0.4, -0.2) is 64.2 Å². The number of benzene rings is 1. The lowest BCUT2D eigenvalue weighted by Crippen LogP contribution is -2.66. The Hall–Kier alpha value is -1.97. The quantitative estimate of drug-likeness (QED) is 0.211. The highest BCUT2D eigenvalue weighted by molar-refractivity contribution is 5.86. The van der Waals surface area contributed by atoms with Crippen molar-refractivity contribution >= 4 is 16.8 Å². The Kier molecular flexibility index (Phi) is 11.7.